The van der Waals surface area contributed by atoms with Gasteiger partial charge in [0.2, 0.25) is 0 Å². The Balaban J connectivity index is 1.82. The Hall–Kier alpha value is -2.00. The largest absolute Gasteiger partial charge is 0.490 e. The fourth-order valence-electron chi connectivity index (χ4n) is 1.88. The van der Waals surface area contributed by atoms with Gasteiger partial charge in [-0.1, -0.05) is 30.7 Å². The molecule has 0 aliphatic heterocycles. The van der Waals surface area contributed by atoms with Crippen molar-refractivity contribution >= 4 is 17.9 Å². The highest BCUT2D eigenvalue weighted by atomic mass is 35.5. The Bertz CT molecular complexity index is 593. The van der Waals surface area contributed by atoms with Gasteiger partial charge in [0, 0.05) is 5.02 Å². The van der Waals surface area contributed by atoms with Gasteiger partial charge in [0.25, 0.3) is 0 Å². The van der Waals surface area contributed by atoms with E-state index in [9.17, 15) is 4.79 Å². The molecule has 0 N–H and O–H groups in total. The number of aldehydes is 1. The lowest BCUT2D eigenvalue weighted by molar-refractivity contribution is 0.111. The first kappa shape index (κ1) is 15.4. The second kappa shape index (κ2) is 7.70. The first-order chi connectivity index (χ1) is 10.2. The summed E-state index contributed by atoms with van der Waals surface area (Å²) in [7, 11) is 0. The zero-order chi connectivity index (χ0) is 15.1. The first-order valence-corrected chi connectivity index (χ1v) is 7.20. The van der Waals surface area contributed by atoms with E-state index in [0.717, 1.165) is 18.5 Å². The molecule has 110 valence electrons. The monoisotopic (exact) mass is 304 g/mol. The molecular formula is C17H17ClO3. The molecule has 21 heavy (non-hydrogen) atoms. The molecule has 2 aromatic rings. The molecule has 0 atom stereocenters. The zero-order valence-electron chi connectivity index (χ0n) is 11.8. The maximum atomic E-state index is 10.9. The molecule has 0 heterocycles. The van der Waals surface area contributed by atoms with E-state index in [2.05, 4.69) is 6.92 Å². The molecule has 0 amide bonds. The van der Waals surface area contributed by atoms with Crippen LogP contribution in [0, 0.1) is 0 Å². The molecule has 0 spiro atoms. The van der Waals surface area contributed by atoms with Gasteiger partial charge in [-0.3, -0.25) is 4.79 Å². The lowest BCUT2D eigenvalue weighted by atomic mass is 10.2. The van der Waals surface area contributed by atoms with Gasteiger partial charge in [0.05, 0.1) is 5.56 Å². The number of hydrogen-bond donors (Lipinski definition) is 0. The normalized spacial score (nSPS) is 10.2. The van der Waals surface area contributed by atoms with Gasteiger partial charge in [-0.05, 0) is 42.3 Å². The van der Waals surface area contributed by atoms with Crippen LogP contribution in [0.25, 0.3) is 0 Å². The Morgan fingerprint density at radius 1 is 1.05 bits per heavy atom. The number of carbonyl (C=O) groups is 1. The van der Waals surface area contributed by atoms with Crippen LogP contribution < -0.4 is 9.47 Å². The minimum Gasteiger partial charge on any atom is -0.490 e. The maximum absolute atomic E-state index is 10.9. The van der Waals surface area contributed by atoms with Crippen LogP contribution in [0.3, 0.4) is 0 Å². The molecule has 0 unspecified atom stereocenters. The van der Waals surface area contributed by atoms with Crippen LogP contribution in [-0.4, -0.2) is 19.5 Å². The van der Waals surface area contributed by atoms with Crippen LogP contribution in [0.1, 0.15) is 22.8 Å². The van der Waals surface area contributed by atoms with E-state index < -0.39 is 0 Å². The zero-order valence-corrected chi connectivity index (χ0v) is 12.6. The number of benzene rings is 2. The predicted octanol–water partition coefficient (Wildman–Crippen LogP) is 4.17. The maximum Gasteiger partial charge on any atom is 0.153 e. The molecule has 0 saturated heterocycles. The number of halogens is 1. The summed E-state index contributed by atoms with van der Waals surface area (Å²) in [6.45, 7) is 2.88. The van der Waals surface area contributed by atoms with Crippen molar-refractivity contribution in [3.05, 3.63) is 58.6 Å². The van der Waals surface area contributed by atoms with Gasteiger partial charge in [-0.2, -0.15) is 0 Å². The second-order valence-electron chi connectivity index (χ2n) is 4.49. The summed E-state index contributed by atoms with van der Waals surface area (Å²) in [4.78, 5) is 10.9. The third-order valence-electron chi connectivity index (χ3n) is 3.04. The van der Waals surface area contributed by atoms with E-state index in [1.807, 2.05) is 24.3 Å². The summed E-state index contributed by atoms with van der Waals surface area (Å²) in [6.07, 6.45) is 1.74. The summed E-state index contributed by atoms with van der Waals surface area (Å²) in [6, 6.07) is 12.9. The fraction of sp³-hybridized carbons (Fsp3) is 0.235. The standard InChI is InChI=1S/C17H17ClO3/c1-2-13-3-6-16(7-4-13)20-9-10-21-17-8-5-15(18)11-14(17)12-19/h3-8,11-12H,2,9-10H2,1H3. The highest BCUT2D eigenvalue weighted by molar-refractivity contribution is 6.30. The smallest absolute Gasteiger partial charge is 0.153 e. The predicted molar refractivity (Wildman–Crippen MR) is 83.6 cm³/mol. The van der Waals surface area contributed by atoms with E-state index in [0.29, 0.717) is 29.5 Å². The molecular weight excluding hydrogens is 288 g/mol. The lowest BCUT2D eigenvalue weighted by Crippen LogP contribution is -2.10. The molecule has 0 radical (unpaired) electrons. The molecule has 2 aromatic carbocycles. The van der Waals surface area contributed by atoms with Crippen LogP contribution in [-0.2, 0) is 6.42 Å². The minimum atomic E-state index is 0.359. The molecule has 0 aliphatic rings. The van der Waals surface area contributed by atoms with Gasteiger partial charge in [-0.15, -0.1) is 0 Å². The molecule has 0 bridgehead atoms. The summed E-state index contributed by atoms with van der Waals surface area (Å²) in [5, 5.41) is 0.511. The summed E-state index contributed by atoms with van der Waals surface area (Å²) >= 11 is 5.82. The van der Waals surface area contributed by atoms with Crippen molar-refractivity contribution in [1.82, 2.24) is 0 Å². The SMILES string of the molecule is CCc1ccc(OCCOc2ccc(Cl)cc2C=O)cc1. The van der Waals surface area contributed by atoms with E-state index in [-0.39, 0.29) is 0 Å². The Kier molecular flexibility index (Phi) is 5.64. The molecule has 4 heteroatoms. The third kappa shape index (κ3) is 4.50. The molecule has 0 aromatic heterocycles. The average molecular weight is 305 g/mol. The Morgan fingerprint density at radius 3 is 2.43 bits per heavy atom. The topological polar surface area (TPSA) is 35.5 Å². The number of hydrogen-bond acceptors (Lipinski definition) is 3. The highest BCUT2D eigenvalue weighted by Gasteiger charge is 2.04. The van der Waals surface area contributed by atoms with E-state index >= 15 is 0 Å². The third-order valence-corrected chi connectivity index (χ3v) is 3.28. The van der Waals surface area contributed by atoms with Crippen LogP contribution in [0.2, 0.25) is 5.02 Å². The van der Waals surface area contributed by atoms with Crippen LogP contribution >= 0.6 is 11.6 Å². The highest BCUT2D eigenvalue weighted by Crippen LogP contribution is 2.21. The van der Waals surface area contributed by atoms with Crippen molar-refractivity contribution in [3.63, 3.8) is 0 Å². The number of aryl methyl sites for hydroxylation is 1. The molecule has 2 rings (SSSR count). The minimum absolute atomic E-state index is 0.359. The number of ether oxygens (including phenoxy) is 2. The van der Waals surface area contributed by atoms with Crippen molar-refractivity contribution in [2.75, 3.05) is 13.2 Å². The molecule has 0 aliphatic carbocycles. The summed E-state index contributed by atoms with van der Waals surface area (Å²) < 4.78 is 11.1. The van der Waals surface area contributed by atoms with E-state index in [1.54, 1.807) is 18.2 Å². The van der Waals surface area contributed by atoms with E-state index in [4.69, 9.17) is 21.1 Å². The average Bonchev–Trinajstić information content (AvgIpc) is 2.53. The number of carbonyl (C=O) groups excluding carboxylic acids is 1. The lowest BCUT2D eigenvalue weighted by Gasteiger charge is -2.10. The first-order valence-electron chi connectivity index (χ1n) is 6.82. The van der Waals surface area contributed by atoms with Crippen molar-refractivity contribution in [1.29, 1.82) is 0 Å². The second-order valence-corrected chi connectivity index (χ2v) is 4.93. The Morgan fingerprint density at radius 2 is 1.76 bits per heavy atom. The van der Waals surface area contributed by atoms with Gasteiger partial charge in [0.1, 0.15) is 24.7 Å². The van der Waals surface area contributed by atoms with E-state index in [1.165, 1.54) is 5.56 Å². The fourth-order valence-corrected chi connectivity index (χ4v) is 2.06. The number of rotatable bonds is 7. The van der Waals surface area contributed by atoms with Crippen LogP contribution in [0.5, 0.6) is 11.5 Å². The molecule has 0 saturated carbocycles. The van der Waals surface area contributed by atoms with Crippen molar-refractivity contribution in [2.24, 2.45) is 0 Å². The van der Waals surface area contributed by atoms with Crippen molar-refractivity contribution < 1.29 is 14.3 Å². The Labute approximate surface area is 129 Å². The molecule has 3 nitrogen and oxygen atoms in total. The summed E-state index contributed by atoms with van der Waals surface area (Å²) in [5.74, 6) is 1.32. The van der Waals surface area contributed by atoms with Crippen LogP contribution in [0.4, 0.5) is 0 Å². The van der Waals surface area contributed by atoms with Crippen molar-refractivity contribution in [3.8, 4) is 11.5 Å². The quantitative estimate of drug-likeness (QED) is 0.569. The van der Waals surface area contributed by atoms with Gasteiger partial charge >= 0.3 is 0 Å². The molecule has 0 fully saturated rings. The van der Waals surface area contributed by atoms with Crippen molar-refractivity contribution in [2.45, 2.75) is 13.3 Å². The summed E-state index contributed by atoms with van der Waals surface area (Å²) in [5.41, 5.74) is 1.71. The van der Waals surface area contributed by atoms with Gasteiger partial charge < -0.3 is 9.47 Å². The van der Waals surface area contributed by atoms with Gasteiger partial charge in [-0.25, -0.2) is 0 Å². The van der Waals surface area contributed by atoms with Crippen LogP contribution in [0.15, 0.2) is 42.5 Å². The van der Waals surface area contributed by atoms with Gasteiger partial charge in [0.15, 0.2) is 6.29 Å².